The van der Waals surface area contributed by atoms with Crippen LogP contribution < -0.4 is 4.90 Å². The number of carbonyl (C=O) groups is 5. The van der Waals surface area contributed by atoms with Gasteiger partial charge >= 0.3 is 0 Å². The number of hydrogen-bond acceptors (Lipinski definition) is 5. The molecular weight excluding hydrogens is 576 g/mol. The van der Waals surface area contributed by atoms with Crippen LogP contribution in [0.3, 0.4) is 0 Å². The molecule has 7 rings (SSSR count). The summed E-state index contributed by atoms with van der Waals surface area (Å²) in [7, 11) is 1.39. The van der Waals surface area contributed by atoms with Gasteiger partial charge in [0.15, 0.2) is 5.78 Å². The van der Waals surface area contributed by atoms with Crippen molar-refractivity contribution < 1.29 is 24.0 Å². The maximum absolute atomic E-state index is 13.6. The Balaban J connectivity index is 1.17. The lowest BCUT2D eigenvalue weighted by Gasteiger charge is -2.31. The number of rotatable bonds is 4. The first-order valence-corrected chi connectivity index (χ1v) is 15.4. The first kappa shape index (κ1) is 29.5. The number of nitrogens with zero attached hydrogens (tertiary/aromatic N) is 2. The SMILES string of the molecule is CN1C(=O)c2ccc(C(=O)c3ccc4c(c3)C(=O)N(c3ccc(C5(C)CC(C)(C)C6=C5C=CC(C)(C)C=C6)cc3)C4=O)cc2C1=O. The molecule has 4 aliphatic rings. The fraction of sp³-hybridized carbons (Fsp3) is 0.256. The largest absolute Gasteiger partial charge is 0.289 e. The second-order valence-electron chi connectivity index (χ2n) is 14.2. The van der Waals surface area contributed by atoms with Crippen LogP contribution in [-0.2, 0) is 5.41 Å². The predicted molar refractivity (Wildman–Crippen MR) is 175 cm³/mol. The van der Waals surface area contributed by atoms with E-state index in [2.05, 4.69) is 58.9 Å². The van der Waals surface area contributed by atoms with Crippen molar-refractivity contribution in [1.29, 1.82) is 0 Å². The van der Waals surface area contributed by atoms with Crippen LogP contribution in [0, 0.1) is 10.8 Å². The van der Waals surface area contributed by atoms with Crippen LogP contribution >= 0.6 is 0 Å². The molecule has 230 valence electrons. The van der Waals surface area contributed by atoms with Gasteiger partial charge in [-0.2, -0.15) is 0 Å². The van der Waals surface area contributed by atoms with Crippen LogP contribution in [0.5, 0.6) is 0 Å². The Morgan fingerprint density at radius 3 is 1.74 bits per heavy atom. The Kier molecular flexibility index (Phi) is 6.21. The van der Waals surface area contributed by atoms with Crippen molar-refractivity contribution in [3.05, 3.63) is 135 Å². The summed E-state index contributed by atoms with van der Waals surface area (Å²) in [5, 5.41) is 0. The summed E-state index contributed by atoms with van der Waals surface area (Å²) >= 11 is 0. The van der Waals surface area contributed by atoms with Gasteiger partial charge in [-0.1, -0.05) is 83.2 Å². The van der Waals surface area contributed by atoms with Crippen molar-refractivity contribution >= 4 is 35.1 Å². The number of benzene rings is 3. The molecule has 1 atom stereocenters. The molecule has 0 saturated carbocycles. The standard InChI is InChI=1S/C39H34N2O5/c1-37(2)17-15-30-31(16-18-37)39(5,21-38(30,3)4)24-9-11-25(12-10-24)41-35(45)27-14-8-23(20-29(27)36(41)46)32(42)22-7-13-26-28(19-22)34(44)40(6)33(26)43/h7-20H,21H2,1-6H3. The molecule has 0 N–H and O–H groups in total. The van der Waals surface area contributed by atoms with Gasteiger partial charge in [0.2, 0.25) is 0 Å². The molecule has 0 saturated heterocycles. The zero-order valence-corrected chi connectivity index (χ0v) is 26.7. The van der Waals surface area contributed by atoms with E-state index in [1.807, 2.05) is 24.3 Å². The van der Waals surface area contributed by atoms with Crippen LogP contribution in [0.25, 0.3) is 0 Å². The highest BCUT2D eigenvalue weighted by atomic mass is 16.2. The fourth-order valence-corrected chi connectivity index (χ4v) is 7.50. The average Bonchev–Trinajstić information content (AvgIpc) is 3.41. The van der Waals surface area contributed by atoms with Crippen molar-refractivity contribution in [2.45, 2.75) is 46.5 Å². The summed E-state index contributed by atoms with van der Waals surface area (Å²) in [4.78, 5) is 67.4. The molecule has 1 unspecified atom stereocenters. The summed E-state index contributed by atoms with van der Waals surface area (Å²) in [5.41, 5.74) is 5.07. The van der Waals surface area contributed by atoms with Crippen LogP contribution in [0.15, 0.2) is 96.1 Å². The van der Waals surface area contributed by atoms with E-state index in [0.717, 1.165) is 21.8 Å². The van der Waals surface area contributed by atoms with E-state index in [9.17, 15) is 24.0 Å². The van der Waals surface area contributed by atoms with Gasteiger partial charge in [0.1, 0.15) is 0 Å². The quantitative estimate of drug-likeness (QED) is 0.233. The molecular formula is C39H34N2O5. The number of imide groups is 2. The Morgan fingerprint density at radius 2 is 1.13 bits per heavy atom. The zero-order valence-electron chi connectivity index (χ0n) is 26.7. The van der Waals surface area contributed by atoms with Crippen molar-refractivity contribution in [2.75, 3.05) is 11.9 Å². The highest BCUT2D eigenvalue weighted by molar-refractivity contribution is 6.35. The molecule has 0 spiro atoms. The summed E-state index contributed by atoms with van der Waals surface area (Å²) in [6.07, 6.45) is 9.97. The number of ketones is 1. The number of fused-ring (bicyclic) bond motifs is 2. The highest BCUT2D eigenvalue weighted by Gasteiger charge is 2.47. The summed E-state index contributed by atoms with van der Waals surface area (Å²) in [6.45, 7) is 11.2. The number of amides is 4. The maximum atomic E-state index is 13.6. The number of carbonyl (C=O) groups excluding carboxylic acids is 5. The molecule has 46 heavy (non-hydrogen) atoms. The monoisotopic (exact) mass is 610 g/mol. The molecule has 2 heterocycles. The summed E-state index contributed by atoms with van der Waals surface area (Å²) in [6, 6.07) is 16.4. The van der Waals surface area contributed by atoms with Crippen LogP contribution in [0.2, 0.25) is 0 Å². The highest BCUT2D eigenvalue weighted by Crippen LogP contribution is 2.56. The van der Waals surface area contributed by atoms with Gasteiger partial charge in [-0.05, 0) is 64.9 Å². The second-order valence-corrected chi connectivity index (χ2v) is 14.2. The number of allylic oxidation sites excluding steroid dienone is 6. The van der Waals surface area contributed by atoms with Crippen LogP contribution in [-0.4, -0.2) is 41.4 Å². The first-order valence-electron chi connectivity index (χ1n) is 15.4. The first-order chi connectivity index (χ1) is 21.6. The van der Waals surface area contributed by atoms with Gasteiger partial charge in [0.25, 0.3) is 23.6 Å². The molecule has 0 bridgehead atoms. The van der Waals surface area contributed by atoms with E-state index in [1.54, 1.807) is 0 Å². The lowest BCUT2D eigenvalue weighted by atomic mass is 9.73. The van der Waals surface area contributed by atoms with Gasteiger partial charge in [-0.15, -0.1) is 0 Å². The Labute approximate surface area is 267 Å². The fourth-order valence-electron chi connectivity index (χ4n) is 7.50. The Morgan fingerprint density at radius 1 is 0.630 bits per heavy atom. The van der Waals surface area contributed by atoms with Gasteiger partial charge in [-0.3, -0.25) is 28.9 Å². The van der Waals surface area contributed by atoms with Gasteiger partial charge in [0, 0.05) is 29.0 Å². The molecule has 0 radical (unpaired) electrons. The van der Waals surface area contributed by atoms with E-state index in [-0.39, 0.29) is 49.6 Å². The predicted octanol–water partition coefficient (Wildman–Crippen LogP) is 7.08. The average molecular weight is 611 g/mol. The van der Waals surface area contributed by atoms with Gasteiger partial charge < -0.3 is 0 Å². The van der Waals surface area contributed by atoms with Crippen molar-refractivity contribution in [3.63, 3.8) is 0 Å². The molecule has 3 aromatic rings. The zero-order chi connectivity index (χ0) is 32.9. The number of hydrogen-bond donors (Lipinski definition) is 0. The molecule has 2 aliphatic heterocycles. The molecule has 0 aromatic heterocycles. The van der Waals surface area contributed by atoms with E-state index in [4.69, 9.17) is 0 Å². The maximum Gasteiger partial charge on any atom is 0.266 e. The minimum Gasteiger partial charge on any atom is -0.289 e. The minimum absolute atomic E-state index is 0.0230. The van der Waals surface area contributed by atoms with E-state index >= 15 is 0 Å². The molecule has 3 aromatic carbocycles. The third-order valence-corrected chi connectivity index (χ3v) is 10.0. The lowest BCUT2D eigenvalue weighted by molar-refractivity contribution is 0.0692. The van der Waals surface area contributed by atoms with Crippen LogP contribution in [0.1, 0.15) is 104 Å². The molecule has 7 nitrogen and oxygen atoms in total. The molecule has 2 aliphatic carbocycles. The van der Waals surface area contributed by atoms with E-state index in [1.165, 1.54) is 54.6 Å². The smallest absolute Gasteiger partial charge is 0.266 e. The van der Waals surface area contributed by atoms with Crippen LogP contribution in [0.4, 0.5) is 5.69 Å². The Hall–Kier alpha value is -5.17. The lowest BCUT2D eigenvalue weighted by Crippen LogP contribution is -2.29. The summed E-state index contributed by atoms with van der Waals surface area (Å²) < 4.78 is 0. The molecule has 4 amide bonds. The molecule has 0 fully saturated rings. The number of anilines is 1. The minimum atomic E-state index is -0.504. The normalized spacial score (nSPS) is 22.4. The van der Waals surface area contributed by atoms with Crippen molar-refractivity contribution in [1.82, 2.24) is 4.90 Å². The van der Waals surface area contributed by atoms with Gasteiger partial charge in [-0.25, -0.2) is 4.90 Å². The van der Waals surface area contributed by atoms with E-state index in [0.29, 0.717) is 5.69 Å². The van der Waals surface area contributed by atoms with Crippen molar-refractivity contribution in [2.24, 2.45) is 10.8 Å². The van der Waals surface area contributed by atoms with E-state index < -0.39 is 29.4 Å². The molecule has 7 heteroatoms. The van der Waals surface area contributed by atoms with Crippen molar-refractivity contribution in [3.8, 4) is 0 Å². The topological polar surface area (TPSA) is 91.8 Å². The third kappa shape index (κ3) is 4.21. The second kappa shape index (κ2) is 9.66. The third-order valence-electron chi connectivity index (χ3n) is 10.0. The Bertz CT molecular complexity index is 2040. The summed E-state index contributed by atoms with van der Waals surface area (Å²) in [5.74, 6) is -2.26. The van der Waals surface area contributed by atoms with Gasteiger partial charge in [0.05, 0.1) is 27.9 Å².